The molecule has 0 aromatic heterocycles. The van der Waals surface area contributed by atoms with Gasteiger partial charge >= 0.3 is 0 Å². The third-order valence-electron chi connectivity index (χ3n) is 4.61. The highest BCUT2D eigenvalue weighted by molar-refractivity contribution is 7.99. The summed E-state index contributed by atoms with van der Waals surface area (Å²) in [6, 6.07) is 11.0. The molecule has 1 amide bonds. The second kappa shape index (κ2) is 12.0. The first-order valence-electron chi connectivity index (χ1n) is 8.66. The van der Waals surface area contributed by atoms with E-state index in [1.54, 1.807) is 0 Å². The predicted octanol–water partition coefficient (Wildman–Crippen LogP) is 2.66. The molecule has 1 unspecified atom stereocenters. The van der Waals surface area contributed by atoms with Crippen molar-refractivity contribution in [1.82, 2.24) is 15.1 Å². The SMILES string of the molecule is Cl.Cl.O=C(CC1CSCCN1)N1CCCN(Cc2ccccc2)CC1. The second-order valence-corrected chi connectivity index (χ2v) is 7.58. The lowest BCUT2D eigenvalue weighted by atomic mass is 10.2. The van der Waals surface area contributed by atoms with Crippen LogP contribution in [0, 0.1) is 0 Å². The van der Waals surface area contributed by atoms with E-state index in [9.17, 15) is 4.79 Å². The highest BCUT2D eigenvalue weighted by Crippen LogP contribution is 2.14. The first kappa shape index (κ1) is 22.6. The van der Waals surface area contributed by atoms with Gasteiger partial charge in [-0.25, -0.2) is 0 Å². The van der Waals surface area contributed by atoms with Crippen LogP contribution in [-0.2, 0) is 11.3 Å². The van der Waals surface area contributed by atoms with Crippen molar-refractivity contribution in [3.8, 4) is 0 Å². The van der Waals surface area contributed by atoms with Gasteiger partial charge < -0.3 is 10.2 Å². The number of nitrogens with one attached hydrogen (secondary N) is 1. The Balaban J connectivity index is 0.00000156. The zero-order chi connectivity index (χ0) is 15.9. The fraction of sp³-hybridized carbons (Fsp3) is 0.611. The maximum absolute atomic E-state index is 12.5. The number of thioether (sulfide) groups is 1. The molecule has 0 radical (unpaired) electrons. The van der Waals surface area contributed by atoms with E-state index in [2.05, 4.69) is 45.4 Å². The molecule has 2 aliphatic heterocycles. The summed E-state index contributed by atoms with van der Waals surface area (Å²) < 4.78 is 0. The minimum Gasteiger partial charge on any atom is -0.341 e. The molecule has 7 heteroatoms. The summed E-state index contributed by atoms with van der Waals surface area (Å²) in [5, 5.41) is 3.47. The minimum atomic E-state index is 0. The second-order valence-electron chi connectivity index (χ2n) is 6.43. The molecule has 1 atom stereocenters. The van der Waals surface area contributed by atoms with Crippen LogP contribution in [0.3, 0.4) is 0 Å². The van der Waals surface area contributed by atoms with Crippen molar-refractivity contribution in [2.24, 2.45) is 0 Å². The highest BCUT2D eigenvalue weighted by Gasteiger charge is 2.23. The monoisotopic (exact) mass is 405 g/mol. The van der Waals surface area contributed by atoms with Gasteiger partial charge in [-0.3, -0.25) is 9.69 Å². The summed E-state index contributed by atoms with van der Waals surface area (Å²) in [6.45, 7) is 5.86. The van der Waals surface area contributed by atoms with E-state index < -0.39 is 0 Å². The molecule has 2 heterocycles. The molecule has 1 N–H and O–H groups in total. The van der Waals surface area contributed by atoms with E-state index in [-0.39, 0.29) is 24.8 Å². The molecule has 2 saturated heterocycles. The number of halogens is 2. The standard InChI is InChI=1S/C18H27N3OS.2ClH/c22-18(13-17-15-23-12-7-19-17)21-9-4-8-20(10-11-21)14-16-5-2-1-3-6-16;;/h1-3,5-6,17,19H,4,7-15H2;2*1H. The predicted molar refractivity (Wildman–Crippen MR) is 111 cm³/mol. The average molecular weight is 406 g/mol. The first-order chi connectivity index (χ1) is 11.3. The highest BCUT2D eigenvalue weighted by atomic mass is 35.5. The summed E-state index contributed by atoms with van der Waals surface area (Å²) in [5.74, 6) is 2.56. The van der Waals surface area contributed by atoms with Gasteiger partial charge in [-0.2, -0.15) is 11.8 Å². The van der Waals surface area contributed by atoms with Crippen LogP contribution in [0.4, 0.5) is 0 Å². The summed E-state index contributed by atoms with van der Waals surface area (Å²) >= 11 is 1.96. The van der Waals surface area contributed by atoms with E-state index in [1.807, 2.05) is 11.8 Å². The molecular weight excluding hydrogens is 377 g/mol. The molecule has 0 spiro atoms. The third kappa shape index (κ3) is 7.35. The molecule has 2 fully saturated rings. The molecule has 0 bridgehead atoms. The number of rotatable bonds is 4. The number of nitrogens with zero attached hydrogens (tertiary/aromatic N) is 2. The number of hydrogen-bond donors (Lipinski definition) is 1. The molecule has 1 aromatic rings. The van der Waals surface area contributed by atoms with Gasteiger partial charge in [0.05, 0.1) is 0 Å². The van der Waals surface area contributed by atoms with Gasteiger partial charge in [0, 0.05) is 63.2 Å². The number of carbonyl (C=O) groups is 1. The Morgan fingerprint density at radius 1 is 1.12 bits per heavy atom. The van der Waals surface area contributed by atoms with E-state index in [0.717, 1.165) is 51.4 Å². The maximum atomic E-state index is 12.5. The molecule has 0 aliphatic carbocycles. The van der Waals surface area contributed by atoms with Crippen molar-refractivity contribution >= 4 is 42.5 Å². The zero-order valence-electron chi connectivity index (χ0n) is 14.6. The molecule has 4 nitrogen and oxygen atoms in total. The summed E-state index contributed by atoms with van der Waals surface area (Å²) in [4.78, 5) is 17.1. The van der Waals surface area contributed by atoms with Crippen molar-refractivity contribution < 1.29 is 4.79 Å². The molecule has 3 rings (SSSR count). The van der Waals surface area contributed by atoms with Crippen LogP contribution in [0.25, 0.3) is 0 Å². The Morgan fingerprint density at radius 2 is 1.92 bits per heavy atom. The quantitative estimate of drug-likeness (QED) is 0.834. The van der Waals surface area contributed by atoms with Gasteiger partial charge in [0.2, 0.25) is 5.91 Å². The Bertz CT molecular complexity index is 500. The van der Waals surface area contributed by atoms with Crippen LogP contribution >= 0.6 is 36.6 Å². The van der Waals surface area contributed by atoms with Crippen molar-refractivity contribution in [2.75, 3.05) is 44.2 Å². The Hall–Kier alpha value is -0.460. The fourth-order valence-corrected chi connectivity index (χ4v) is 4.26. The summed E-state index contributed by atoms with van der Waals surface area (Å²) in [7, 11) is 0. The fourth-order valence-electron chi connectivity index (χ4n) is 3.31. The number of carbonyl (C=O) groups excluding carboxylic acids is 1. The van der Waals surface area contributed by atoms with E-state index in [1.165, 1.54) is 11.3 Å². The average Bonchev–Trinajstić information content (AvgIpc) is 2.82. The lowest BCUT2D eigenvalue weighted by molar-refractivity contribution is -0.131. The third-order valence-corrected chi connectivity index (χ3v) is 5.74. The van der Waals surface area contributed by atoms with Crippen LogP contribution in [0.2, 0.25) is 0 Å². The topological polar surface area (TPSA) is 35.6 Å². The van der Waals surface area contributed by atoms with E-state index in [4.69, 9.17) is 0 Å². The van der Waals surface area contributed by atoms with Crippen LogP contribution in [0.15, 0.2) is 30.3 Å². The van der Waals surface area contributed by atoms with E-state index in [0.29, 0.717) is 18.4 Å². The van der Waals surface area contributed by atoms with Gasteiger partial charge in [0.25, 0.3) is 0 Å². The van der Waals surface area contributed by atoms with Crippen molar-refractivity contribution in [2.45, 2.75) is 25.4 Å². The largest absolute Gasteiger partial charge is 0.341 e. The lowest BCUT2D eigenvalue weighted by Crippen LogP contribution is -2.43. The van der Waals surface area contributed by atoms with Crippen LogP contribution in [0.5, 0.6) is 0 Å². The smallest absolute Gasteiger partial charge is 0.224 e. The molecular formula is C18H29Cl2N3OS. The van der Waals surface area contributed by atoms with Gasteiger partial charge in [-0.1, -0.05) is 30.3 Å². The van der Waals surface area contributed by atoms with Gasteiger partial charge in [0.1, 0.15) is 0 Å². The molecule has 142 valence electrons. The minimum absolute atomic E-state index is 0. The first-order valence-corrected chi connectivity index (χ1v) is 9.82. The molecule has 1 aromatic carbocycles. The van der Waals surface area contributed by atoms with Crippen LogP contribution < -0.4 is 5.32 Å². The maximum Gasteiger partial charge on any atom is 0.224 e. The molecule has 25 heavy (non-hydrogen) atoms. The van der Waals surface area contributed by atoms with Crippen LogP contribution in [0.1, 0.15) is 18.4 Å². The number of amides is 1. The lowest BCUT2D eigenvalue weighted by Gasteiger charge is -2.27. The number of benzene rings is 1. The Labute approximate surface area is 167 Å². The Kier molecular flexibility index (Phi) is 10.9. The van der Waals surface area contributed by atoms with Crippen molar-refractivity contribution in [1.29, 1.82) is 0 Å². The summed E-state index contributed by atoms with van der Waals surface area (Å²) in [5.41, 5.74) is 1.36. The van der Waals surface area contributed by atoms with Crippen molar-refractivity contribution in [3.05, 3.63) is 35.9 Å². The zero-order valence-corrected chi connectivity index (χ0v) is 17.0. The molecule has 2 aliphatic rings. The normalized spacial score (nSPS) is 21.6. The number of hydrogen-bond acceptors (Lipinski definition) is 4. The van der Waals surface area contributed by atoms with Gasteiger partial charge in [0.15, 0.2) is 0 Å². The van der Waals surface area contributed by atoms with Crippen molar-refractivity contribution in [3.63, 3.8) is 0 Å². The van der Waals surface area contributed by atoms with E-state index >= 15 is 0 Å². The van der Waals surface area contributed by atoms with Crippen LogP contribution in [-0.4, -0.2) is 66.0 Å². The molecule has 0 saturated carbocycles. The Morgan fingerprint density at radius 3 is 2.64 bits per heavy atom. The summed E-state index contributed by atoms with van der Waals surface area (Å²) in [6.07, 6.45) is 1.73. The van der Waals surface area contributed by atoms with Gasteiger partial charge in [-0.05, 0) is 12.0 Å². The van der Waals surface area contributed by atoms with Gasteiger partial charge in [-0.15, -0.1) is 24.8 Å².